The van der Waals surface area contributed by atoms with E-state index in [-0.39, 0.29) is 10.6 Å². The number of hydrogen-bond donors (Lipinski definition) is 1. The lowest BCUT2D eigenvalue weighted by atomic mass is 10.1. The molecule has 3 aromatic carbocycles. The smallest absolute Gasteiger partial charge is 0.268 e. The van der Waals surface area contributed by atoms with Gasteiger partial charge in [-0.25, -0.2) is 12.4 Å². The third-order valence-corrected chi connectivity index (χ3v) is 6.53. The zero-order chi connectivity index (χ0) is 20.6. The van der Waals surface area contributed by atoms with E-state index in [4.69, 9.17) is 10.5 Å². The molecule has 0 radical (unpaired) electrons. The van der Waals surface area contributed by atoms with Gasteiger partial charge in [0.1, 0.15) is 5.75 Å². The molecule has 0 saturated heterocycles. The van der Waals surface area contributed by atoms with Crippen molar-refractivity contribution in [3.63, 3.8) is 0 Å². The Morgan fingerprint density at radius 3 is 2.41 bits per heavy atom. The summed E-state index contributed by atoms with van der Waals surface area (Å²) < 4.78 is 33.6. The Kier molecular flexibility index (Phi) is 4.60. The van der Waals surface area contributed by atoms with Crippen molar-refractivity contribution < 1.29 is 17.9 Å². The molecule has 6 nitrogen and oxygen atoms in total. The van der Waals surface area contributed by atoms with Crippen LogP contribution in [-0.4, -0.2) is 25.8 Å². The zero-order valence-electron chi connectivity index (χ0n) is 15.6. The van der Waals surface area contributed by atoms with Gasteiger partial charge in [0.25, 0.3) is 10.0 Å². The van der Waals surface area contributed by atoms with Crippen LogP contribution in [-0.2, 0) is 10.0 Å². The largest absolute Gasteiger partial charge is 0.497 e. The quantitative estimate of drug-likeness (QED) is 0.400. The van der Waals surface area contributed by atoms with Crippen LogP contribution in [0.5, 0.6) is 5.75 Å². The van der Waals surface area contributed by atoms with Crippen molar-refractivity contribution >= 4 is 32.9 Å². The summed E-state index contributed by atoms with van der Waals surface area (Å²) in [6, 6.07) is 20.0. The van der Waals surface area contributed by atoms with Crippen molar-refractivity contribution in [1.29, 1.82) is 0 Å². The van der Waals surface area contributed by atoms with Gasteiger partial charge in [-0.15, -0.1) is 0 Å². The molecule has 0 saturated carbocycles. The van der Waals surface area contributed by atoms with Crippen molar-refractivity contribution in [2.75, 3.05) is 12.8 Å². The number of aromatic nitrogens is 1. The van der Waals surface area contributed by atoms with E-state index in [1.807, 2.05) is 0 Å². The van der Waals surface area contributed by atoms with E-state index in [9.17, 15) is 13.2 Å². The topological polar surface area (TPSA) is 91.4 Å². The first-order valence-corrected chi connectivity index (χ1v) is 10.3. The van der Waals surface area contributed by atoms with Crippen LogP contribution in [0.4, 0.5) is 5.69 Å². The summed E-state index contributed by atoms with van der Waals surface area (Å²) in [4.78, 5) is 11.5. The highest BCUT2D eigenvalue weighted by Gasteiger charge is 2.25. The second-order valence-corrected chi connectivity index (χ2v) is 8.25. The van der Waals surface area contributed by atoms with Crippen LogP contribution in [0, 0.1) is 0 Å². The highest BCUT2D eigenvalue weighted by Crippen LogP contribution is 2.36. The van der Waals surface area contributed by atoms with Crippen molar-refractivity contribution in [2.24, 2.45) is 0 Å². The monoisotopic (exact) mass is 406 g/mol. The number of anilines is 1. The van der Waals surface area contributed by atoms with E-state index in [1.54, 1.807) is 79.9 Å². The molecule has 2 N–H and O–H groups in total. The van der Waals surface area contributed by atoms with Gasteiger partial charge in [0.15, 0.2) is 6.29 Å². The van der Waals surface area contributed by atoms with Crippen molar-refractivity contribution in [3.8, 4) is 17.0 Å². The summed E-state index contributed by atoms with van der Waals surface area (Å²) >= 11 is 0. The third-order valence-electron chi connectivity index (χ3n) is 4.79. The molecule has 0 unspecified atom stereocenters. The zero-order valence-corrected chi connectivity index (χ0v) is 16.4. The summed E-state index contributed by atoms with van der Waals surface area (Å²) in [5, 5.41) is 0.676. The number of hydrogen-bond acceptors (Lipinski definition) is 5. The number of nitrogens with zero attached hydrogens (tertiary/aromatic N) is 1. The molecule has 4 aromatic rings. The number of nitrogen functional groups attached to an aromatic ring is 1. The number of benzene rings is 3. The predicted molar refractivity (Wildman–Crippen MR) is 113 cm³/mol. The molecule has 4 rings (SSSR count). The predicted octanol–water partition coefficient (Wildman–Crippen LogP) is 3.95. The molecule has 7 heteroatoms. The molecule has 0 aliphatic heterocycles. The highest BCUT2D eigenvalue weighted by atomic mass is 32.2. The van der Waals surface area contributed by atoms with Gasteiger partial charge >= 0.3 is 0 Å². The van der Waals surface area contributed by atoms with Crippen LogP contribution in [0.1, 0.15) is 10.4 Å². The van der Waals surface area contributed by atoms with Gasteiger partial charge in [-0.05, 0) is 42.5 Å². The number of nitrogens with two attached hydrogens (primary N) is 1. The van der Waals surface area contributed by atoms with E-state index in [2.05, 4.69) is 0 Å². The molecule has 0 atom stereocenters. The lowest BCUT2D eigenvalue weighted by Gasteiger charge is -2.14. The fourth-order valence-electron chi connectivity index (χ4n) is 3.35. The molecule has 0 amide bonds. The van der Waals surface area contributed by atoms with Gasteiger partial charge in [-0.2, -0.15) is 0 Å². The Balaban J connectivity index is 2.10. The van der Waals surface area contributed by atoms with Crippen LogP contribution in [0.25, 0.3) is 22.2 Å². The summed E-state index contributed by atoms with van der Waals surface area (Å²) in [6.45, 7) is 0. The molecule has 0 aliphatic carbocycles. The summed E-state index contributed by atoms with van der Waals surface area (Å²) in [7, 11) is -2.38. The fraction of sp³-hybridized carbons (Fsp3) is 0.0455. The van der Waals surface area contributed by atoms with Crippen molar-refractivity contribution in [2.45, 2.75) is 4.90 Å². The van der Waals surface area contributed by atoms with E-state index in [0.717, 1.165) is 0 Å². The number of carbonyl (C=O) groups is 1. The average Bonchev–Trinajstić information content (AvgIpc) is 3.13. The van der Waals surface area contributed by atoms with Gasteiger partial charge < -0.3 is 10.5 Å². The minimum Gasteiger partial charge on any atom is -0.497 e. The average molecular weight is 406 g/mol. The third kappa shape index (κ3) is 3.05. The van der Waals surface area contributed by atoms with Gasteiger partial charge in [-0.1, -0.05) is 30.3 Å². The van der Waals surface area contributed by atoms with E-state index in [0.29, 0.717) is 39.8 Å². The standard InChI is InChI=1S/C22H18N2O4S/c1-28-17-10-11-20-16(12-17)13-21(19-9-5-6-15(14-25)22(19)23)24(20)29(26,27)18-7-3-2-4-8-18/h2-14H,23H2,1H3. The van der Waals surface area contributed by atoms with Gasteiger partial charge in [0.2, 0.25) is 0 Å². The number of ether oxygens (including phenoxy) is 1. The molecule has 0 aliphatic rings. The first-order chi connectivity index (χ1) is 14.0. The highest BCUT2D eigenvalue weighted by molar-refractivity contribution is 7.90. The lowest BCUT2D eigenvalue weighted by molar-refractivity contribution is 0.112. The molecule has 146 valence electrons. The van der Waals surface area contributed by atoms with Gasteiger partial charge in [0, 0.05) is 16.5 Å². The molecule has 1 aromatic heterocycles. The maximum atomic E-state index is 13.5. The number of methoxy groups -OCH3 is 1. The van der Waals surface area contributed by atoms with Gasteiger partial charge in [0.05, 0.1) is 28.9 Å². The molecule has 0 spiro atoms. The fourth-order valence-corrected chi connectivity index (χ4v) is 4.90. The normalized spacial score (nSPS) is 11.5. The van der Waals surface area contributed by atoms with Crippen molar-refractivity contribution in [1.82, 2.24) is 3.97 Å². The maximum absolute atomic E-state index is 13.5. The molecule has 0 bridgehead atoms. The van der Waals surface area contributed by atoms with Crippen LogP contribution in [0.3, 0.4) is 0 Å². The molecule has 0 fully saturated rings. The number of aldehydes is 1. The van der Waals surface area contributed by atoms with Crippen LogP contribution in [0.2, 0.25) is 0 Å². The first kappa shape index (κ1) is 18.8. The van der Waals surface area contributed by atoms with Crippen LogP contribution >= 0.6 is 0 Å². The van der Waals surface area contributed by atoms with Crippen LogP contribution in [0.15, 0.2) is 77.7 Å². The number of rotatable bonds is 5. The Bertz CT molecular complexity index is 1330. The Hall–Kier alpha value is -3.58. The minimum absolute atomic E-state index is 0.152. The Labute approximate surface area is 168 Å². The van der Waals surface area contributed by atoms with Gasteiger partial charge in [-0.3, -0.25) is 4.79 Å². The second-order valence-electron chi connectivity index (χ2n) is 6.46. The summed E-state index contributed by atoms with van der Waals surface area (Å²) in [5.74, 6) is 0.605. The maximum Gasteiger partial charge on any atom is 0.268 e. The first-order valence-electron chi connectivity index (χ1n) is 8.81. The van der Waals surface area contributed by atoms with Crippen molar-refractivity contribution in [3.05, 3.63) is 78.4 Å². The number of para-hydroxylation sites is 1. The second kappa shape index (κ2) is 7.10. The molecule has 1 heterocycles. The van der Waals surface area contributed by atoms with E-state index in [1.165, 1.54) is 3.97 Å². The molecular weight excluding hydrogens is 388 g/mol. The Morgan fingerprint density at radius 1 is 0.966 bits per heavy atom. The molecule has 29 heavy (non-hydrogen) atoms. The Morgan fingerprint density at radius 2 is 1.72 bits per heavy atom. The lowest BCUT2D eigenvalue weighted by Crippen LogP contribution is -2.14. The minimum atomic E-state index is -3.92. The SMILES string of the molecule is COc1ccc2c(c1)cc(-c1cccc(C=O)c1N)n2S(=O)(=O)c1ccccc1. The number of carbonyl (C=O) groups excluding carboxylic acids is 1. The van der Waals surface area contributed by atoms with E-state index >= 15 is 0 Å². The summed E-state index contributed by atoms with van der Waals surface area (Å²) in [5.41, 5.74) is 8.04. The van der Waals surface area contributed by atoms with Crippen LogP contribution < -0.4 is 10.5 Å². The van der Waals surface area contributed by atoms with E-state index < -0.39 is 10.0 Å². The molecular formula is C22H18N2O4S. The summed E-state index contributed by atoms with van der Waals surface area (Å²) in [6.07, 6.45) is 0.653. The number of fused-ring (bicyclic) bond motifs is 1.